The van der Waals surface area contributed by atoms with Gasteiger partial charge in [0, 0.05) is 26.9 Å². The highest BCUT2D eigenvalue weighted by atomic mass is 35.5. The number of carbonyl (C=O) groups excluding carboxylic acids is 1. The molecule has 1 aromatic heterocycles. The second-order valence-electron chi connectivity index (χ2n) is 6.13. The maximum absolute atomic E-state index is 12.3. The van der Waals surface area contributed by atoms with Crippen LogP contribution in [0.4, 0.5) is 5.69 Å². The van der Waals surface area contributed by atoms with E-state index in [9.17, 15) is 4.79 Å². The first-order valence-corrected chi connectivity index (χ1v) is 8.99. The summed E-state index contributed by atoms with van der Waals surface area (Å²) < 4.78 is 5.81. The molecular weight excluding hydrogens is 383 g/mol. The third-order valence-corrected chi connectivity index (χ3v) is 4.83. The molecule has 0 bridgehead atoms. The molecule has 0 fully saturated rings. The first kappa shape index (κ1) is 17.6. The number of halogens is 2. The number of rotatable bonds is 3. The lowest BCUT2D eigenvalue weighted by Gasteiger charge is -2.05. The number of nitrogens with zero attached hydrogens (tertiary/aromatic N) is 1. The number of aromatic nitrogens is 1. The molecule has 3 aromatic carbocycles. The predicted molar refractivity (Wildman–Crippen MR) is 109 cm³/mol. The van der Waals surface area contributed by atoms with Crippen molar-refractivity contribution >= 4 is 45.9 Å². The molecule has 0 aliphatic carbocycles. The fourth-order valence-corrected chi connectivity index (χ4v) is 2.97. The van der Waals surface area contributed by atoms with E-state index in [0.717, 1.165) is 11.1 Å². The van der Waals surface area contributed by atoms with Crippen LogP contribution in [0.2, 0.25) is 10.0 Å². The van der Waals surface area contributed by atoms with Gasteiger partial charge in [-0.05, 0) is 67.1 Å². The van der Waals surface area contributed by atoms with Gasteiger partial charge >= 0.3 is 0 Å². The van der Waals surface area contributed by atoms with Gasteiger partial charge in [0.05, 0.1) is 0 Å². The number of anilines is 1. The van der Waals surface area contributed by atoms with Crippen molar-refractivity contribution in [2.75, 3.05) is 5.32 Å². The van der Waals surface area contributed by atoms with Crippen LogP contribution in [0.15, 0.2) is 65.1 Å². The first-order valence-electron chi connectivity index (χ1n) is 8.23. The average Bonchev–Trinajstić information content (AvgIpc) is 3.08. The second-order valence-corrected chi connectivity index (χ2v) is 6.97. The van der Waals surface area contributed by atoms with Gasteiger partial charge in [0.25, 0.3) is 5.91 Å². The zero-order valence-corrected chi connectivity index (χ0v) is 15.8. The number of benzene rings is 3. The van der Waals surface area contributed by atoms with Crippen molar-refractivity contribution < 1.29 is 9.21 Å². The van der Waals surface area contributed by atoms with Crippen LogP contribution in [0.25, 0.3) is 22.6 Å². The molecule has 0 spiro atoms. The van der Waals surface area contributed by atoms with Crippen molar-refractivity contribution in [1.82, 2.24) is 4.98 Å². The van der Waals surface area contributed by atoms with Crippen molar-refractivity contribution in [2.24, 2.45) is 0 Å². The Balaban J connectivity index is 1.61. The Hall–Kier alpha value is -2.82. The van der Waals surface area contributed by atoms with E-state index in [1.54, 1.807) is 42.5 Å². The van der Waals surface area contributed by atoms with Crippen LogP contribution in [-0.4, -0.2) is 10.9 Å². The molecule has 1 heterocycles. The summed E-state index contributed by atoms with van der Waals surface area (Å²) in [5.74, 6) is 0.258. The molecule has 4 aromatic rings. The van der Waals surface area contributed by atoms with Crippen LogP contribution in [-0.2, 0) is 0 Å². The summed E-state index contributed by atoms with van der Waals surface area (Å²) in [5, 5.41) is 4.09. The lowest BCUT2D eigenvalue weighted by atomic mass is 10.1. The molecule has 134 valence electrons. The number of oxazole rings is 1. The summed E-state index contributed by atoms with van der Waals surface area (Å²) in [6.07, 6.45) is 0. The maximum Gasteiger partial charge on any atom is 0.255 e. The van der Waals surface area contributed by atoms with E-state index in [1.807, 2.05) is 25.1 Å². The van der Waals surface area contributed by atoms with Crippen LogP contribution in [0, 0.1) is 6.92 Å². The molecule has 4 nitrogen and oxygen atoms in total. The molecule has 1 N–H and O–H groups in total. The molecule has 4 rings (SSSR count). The quantitative estimate of drug-likeness (QED) is 0.438. The highest BCUT2D eigenvalue weighted by Crippen LogP contribution is 2.29. The lowest BCUT2D eigenvalue weighted by Crippen LogP contribution is -2.11. The number of fused-ring (bicyclic) bond motifs is 1. The van der Waals surface area contributed by atoms with Gasteiger partial charge in [0.15, 0.2) is 5.58 Å². The largest absolute Gasteiger partial charge is 0.436 e. The van der Waals surface area contributed by atoms with Crippen LogP contribution >= 0.6 is 23.2 Å². The van der Waals surface area contributed by atoms with Gasteiger partial charge in [0.1, 0.15) is 5.52 Å². The Morgan fingerprint density at radius 2 is 1.78 bits per heavy atom. The minimum atomic E-state index is -0.222. The number of carbonyl (C=O) groups is 1. The molecule has 27 heavy (non-hydrogen) atoms. The van der Waals surface area contributed by atoms with Crippen molar-refractivity contribution in [3.8, 4) is 11.5 Å². The number of nitrogens with one attached hydrogen (secondary N) is 1. The molecule has 0 atom stereocenters. The zero-order valence-electron chi connectivity index (χ0n) is 14.3. The minimum Gasteiger partial charge on any atom is -0.436 e. The Labute approximate surface area is 165 Å². The number of hydrogen-bond donors (Lipinski definition) is 1. The van der Waals surface area contributed by atoms with E-state index >= 15 is 0 Å². The lowest BCUT2D eigenvalue weighted by molar-refractivity contribution is 0.102. The van der Waals surface area contributed by atoms with Crippen LogP contribution in [0.3, 0.4) is 0 Å². The van der Waals surface area contributed by atoms with E-state index in [0.29, 0.717) is 38.3 Å². The Morgan fingerprint density at radius 1 is 1.00 bits per heavy atom. The standard InChI is InChI=1S/C21H14Cl2N2O2/c1-12-2-3-14(10-17(12)23)21-25-18-11-16(8-9-19(18)27-21)24-20(26)13-4-6-15(22)7-5-13/h2-11H,1H3,(H,24,26). The van der Waals surface area contributed by atoms with Gasteiger partial charge in [-0.1, -0.05) is 29.3 Å². The van der Waals surface area contributed by atoms with Gasteiger partial charge in [-0.3, -0.25) is 4.79 Å². The molecule has 1 amide bonds. The molecule has 0 radical (unpaired) electrons. The summed E-state index contributed by atoms with van der Waals surface area (Å²) in [5.41, 5.74) is 4.22. The van der Waals surface area contributed by atoms with Gasteiger partial charge in [-0.2, -0.15) is 0 Å². The van der Waals surface area contributed by atoms with E-state index in [1.165, 1.54) is 0 Å². The molecule has 6 heteroatoms. The van der Waals surface area contributed by atoms with Crippen molar-refractivity contribution in [2.45, 2.75) is 6.92 Å². The van der Waals surface area contributed by atoms with Gasteiger partial charge in [-0.15, -0.1) is 0 Å². The third-order valence-electron chi connectivity index (χ3n) is 4.17. The summed E-state index contributed by atoms with van der Waals surface area (Å²) in [6.45, 7) is 1.94. The Kier molecular flexibility index (Phi) is 4.60. The van der Waals surface area contributed by atoms with Crippen LogP contribution < -0.4 is 5.32 Å². The van der Waals surface area contributed by atoms with Crippen molar-refractivity contribution in [3.63, 3.8) is 0 Å². The van der Waals surface area contributed by atoms with Gasteiger partial charge in [-0.25, -0.2) is 4.98 Å². The maximum atomic E-state index is 12.3. The van der Waals surface area contributed by atoms with Crippen molar-refractivity contribution in [1.29, 1.82) is 0 Å². The fraction of sp³-hybridized carbons (Fsp3) is 0.0476. The van der Waals surface area contributed by atoms with Crippen LogP contribution in [0.5, 0.6) is 0 Å². The van der Waals surface area contributed by atoms with E-state index in [-0.39, 0.29) is 5.91 Å². The second kappa shape index (κ2) is 7.06. The minimum absolute atomic E-state index is 0.222. The number of hydrogen-bond acceptors (Lipinski definition) is 3. The van der Waals surface area contributed by atoms with Crippen LogP contribution in [0.1, 0.15) is 15.9 Å². The zero-order chi connectivity index (χ0) is 19.0. The SMILES string of the molecule is Cc1ccc(-c2nc3cc(NC(=O)c4ccc(Cl)cc4)ccc3o2)cc1Cl. The Bertz CT molecular complexity index is 1150. The number of amides is 1. The molecule has 0 unspecified atom stereocenters. The van der Waals surface area contributed by atoms with E-state index in [2.05, 4.69) is 10.3 Å². The van der Waals surface area contributed by atoms with Gasteiger partial charge < -0.3 is 9.73 Å². The highest BCUT2D eigenvalue weighted by molar-refractivity contribution is 6.31. The van der Waals surface area contributed by atoms with E-state index < -0.39 is 0 Å². The topological polar surface area (TPSA) is 55.1 Å². The molecule has 0 saturated carbocycles. The summed E-state index contributed by atoms with van der Waals surface area (Å²) in [7, 11) is 0. The van der Waals surface area contributed by atoms with Gasteiger partial charge in [0.2, 0.25) is 5.89 Å². The molecule has 0 saturated heterocycles. The highest BCUT2D eigenvalue weighted by Gasteiger charge is 2.12. The number of aryl methyl sites for hydroxylation is 1. The average molecular weight is 397 g/mol. The summed E-state index contributed by atoms with van der Waals surface area (Å²) in [6, 6.07) is 17.7. The third kappa shape index (κ3) is 3.68. The molecular formula is C21H14Cl2N2O2. The van der Waals surface area contributed by atoms with E-state index in [4.69, 9.17) is 27.6 Å². The predicted octanol–water partition coefficient (Wildman–Crippen LogP) is 6.36. The first-order chi connectivity index (χ1) is 13.0. The molecule has 0 aliphatic heterocycles. The summed E-state index contributed by atoms with van der Waals surface area (Å²) in [4.78, 5) is 16.9. The Morgan fingerprint density at radius 3 is 2.52 bits per heavy atom. The monoisotopic (exact) mass is 396 g/mol. The van der Waals surface area contributed by atoms with Crippen molar-refractivity contribution in [3.05, 3.63) is 81.8 Å². The normalized spacial score (nSPS) is 10.9. The smallest absolute Gasteiger partial charge is 0.255 e. The fourth-order valence-electron chi connectivity index (χ4n) is 2.66. The summed E-state index contributed by atoms with van der Waals surface area (Å²) >= 11 is 12.0. The molecule has 0 aliphatic rings.